The zero-order chi connectivity index (χ0) is 19.4. The molecule has 0 saturated carbocycles. The molecule has 0 radical (unpaired) electrons. The van der Waals surface area contributed by atoms with Gasteiger partial charge in [0.1, 0.15) is 6.29 Å². The Morgan fingerprint density at radius 2 is 1.70 bits per heavy atom. The molecule has 3 nitrogen and oxygen atoms in total. The van der Waals surface area contributed by atoms with E-state index in [2.05, 4.69) is 11.9 Å². The molecular formula is C22H19F2NO2. The summed E-state index contributed by atoms with van der Waals surface area (Å²) < 4.78 is 33.2. The van der Waals surface area contributed by atoms with Crippen LogP contribution in [-0.4, -0.2) is 18.4 Å². The van der Waals surface area contributed by atoms with Crippen molar-refractivity contribution in [2.24, 2.45) is 0 Å². The Kier molecular flexibility index (Phi) is 5.60. The van der Waals surface area contributed by atoms with Crippen LogP contribution < -0.4 is 4.74 Å². The van der Waals surface area contributed by atoms with Crippen molar-refractivity contribution in [3.63, 3.8) is 0 Å². The second-order valence-corrected chi connectivity index (χ2v) is 6.20. The van der Waals surface area contributed by atoms with Gasteiger partial charge in [0, 0.05) is 22.9 Å². The van der Waals surface area contributed by atoms with Gasteiger partial charge in [-0.25, -0.2) is 8.78 Å². The van der Waals surface area contributed by atoms with E-state index in [-0.39, 0.29) is 0 Å². The maximum Gasteiger partial charge on any atom is 0.190 e. The van der Waals surface area contributed by atoms with E-state index in [4.69, 9.17) is 4.74 Å². The predicted octanol–water partition coefficient (Wildman–Crippen LogP) is 5.47. The van der Waals surface area contributed by atoms with Crippen molar-refractivity contribution in [3.8, 4) is 28.1 Å². The second kappa shape index (κ2) is 8.08. The van der Waals surface area contributed by atoms with Crippen LogP contribution in [0.15, 0.2) is 48.7 Å². The van der Waals surface area contributed by atoms with Crippen LogP contribution in [0.5, 0.6) is 5.75 Å². The van der Waals surface area contributed by atoms with Gasteiger partial charge in [-0.15, -0.1) is 0 Å². The monoisotopic (exact) mass is 367 g/mol. The first-order valence-electron chi connectivity index (χ1n) is 8.65. The molecule has 0 aliphatic carbocycles. The molecule has 1 aromatic heterocycles. The molecule has 0 unspecified atom stereocenters. The molecule has 3 rings (SSSR count). The van der Waals surface area contributed by atoms with Crippen molar-refractivity contribution in [2.45, 2.75) is 19.8 Å². The van der Waals surface area contributed by atoms with E-state index in [0.29, 0.717) is 16.8 Å². The lowest BCUT2D eigenvalue weighted by molar-refractivity contribution is 0.112. The van der Waals surface area contributed by atoms with Gasteiger partial charge in [-0.1, -0.05) is 37.6 Å². The fraction of sp³-hybridized carbons (Fsp3) is 0.182. The molecule has 0 spiro atoms. The Hall–Kier alpha value is -3.08. The number of nitrogens with zero attached hydrogens (tertiary/aromatic N) is 1. The zero-order valence-corrected chi connectivity index (χ0v) is 15.1. The van der Waals surface area contributed by atoms with Crippen LogP contribution in [-0.2, 0) is 6.42 Å². The normalized spacial score (nSPS) is 10.7. The topological polar surface area (TPSA) is 39.2 Å². The molecule has 0 aliphatic rings. The molecule has 0 atom stereocenters. The quantitative estimate of drug-likeness (QED) is 0.543. The summed E-state index contributed by atoms with van der Waals surface area (Å²) in [6, 6.07) is 11.4. The van der Waals surface area contributed by atoms with Crippen LogP contribution in [0, 0.1) is 11.6 Å². The maximum absolute atomic E-state index is 14.2. The van der Waals surface area contributed by atoms with Gasteiger partial charge in [0.15, 0.2) is 17.4 Å². The van der Waals surface area contributed by atoms with Crippen LogP contribution in [0.25, 0.3) is 22.4 Å². The van der Waals surface area contributed by atoms with Crippen LogP contribution in [0.2, 0.25) is 0 Å². The van der Waals surface area contributed by atoms with Gasteiger partial charge in [0.25, 0.3) is 0 Å². The van der Waals surface area contributed by atoms with E-state index in [1.165, 1.54) is 19.2 Å². The molecule has 5 heteroatoms. The molecule has 0 amide bonds. The molecule has 0 N–H and O–H groups in total. The first-order valence-corrected chi connectivity index (χ1v) is 8.65. The summed E-state index contributed by atoms with van der Waals surface area (Å²) in [5.74, 6) is -1.98. The third kappa shape index (κ3) is 3.87. The summed E-state index contributed by atoms with van der Waals surface area (Å²) >= 11 is 0. The highest BCUT2D eigenvalue weighted by Gasteiger charge is 2.17. The number of carbonyl (C=O) groups excluding carboxylic acids is 1. The zero-order valence-electron chi connectivity index (χ0n) is 15.1. The van der Waals surface area contributed by atoms with Crippen molar-refractivity contribution >= 4 is 6.29 Å². The van der Waals surface area contributed by atoms with Crippen LogP contribution in [0.4, 0.5) is 8.78 Å². The molecule has 2 aromatic carbocycles. The third-order valence-corrected chi connectivity index (χ3v) is 4.32. The summed E-state index contributed by atoms with van der Waals surface area (Å²) in [6.45, 7) is 2.07. The van der Waals surface area contributed by atoms with E-state index in [1.54, 1.807) is 30.5 Å². The van der Waals surface area contributed by atoms with Gasteiger partial charge in [-0.3, -0.25) is 9.78 Å². The van der Waals surface area contributed by atoms with E-state index >= 15 is 0 Å². The molecule has 138 valence electrons. The lowest BCUT2D eigenvalue weighted by atomic mass is 9.96. The maximum atomic E-state index is 14.2. The molecule has 0 bridgehead atoms. The number of hydrogen-bond donors (Lipinski definition) is 0. The number of pyridine rings is 1. The van der Waals surface area contributed by atoms with Gasteiger partial charge in [0.2, 0.25) is 0 Å². The minimum Gasteiger partial charge on any atom is -0.491 e. The summed E-state index contributed by atoms with van der Waals surface area (Å²) in [5.41, 5.74) is 3.95. The smallest absolute Gasteiger partial charge is 0.190 e. The lowest BCUT2D eigenvalue weighted by Gasteiger charge is -2.13. The number of halogens is 2. The molecule has 0 aliphatic heterocycles. The minimum atomic E-state index is -0.783. The highest BCUT2D eigenvalue weighted by atomic mass is 19.1. The Bertz CT molecular complexity index is 946. The Morgan fingerprint density at radius 3 is 2.26 bits per heavy atom. The largest absolute Gasteiger partial charge is 0.491 e. The summed E-state index contributed by atoms with van der Waals surface area (Å²) in [6.07, 6.45) is 4.29. The second-order valence-electron chi connectivity index (χ2n) is 6.20. The predicted molar refractivity (Wildman–Crippen MR) is 101 cm³/mol. The van der Waals surface area contributed by atoms with Crippen LogP contribution in [0.3, 0.4) is 0 Å². The van der Waals surface area contributed by atoms with Crippen molar-refractivity contribution in [1.82, 2.24) is 4.98 Å². The van der Waals surface area contributed by atoms with Crippen LogP contribution >= 0.6 is 0 Å². The number of benzene rings is 2. The average Bonchev–Trinajstić information content (AvgIpc) is 2.68. The van der Waals surface area contributed by atoms with Crippen molar-refractivity contribution in [3.05, 3.63) is 71.4 Å². The number of ether oxygens (including phenoxy) is 1. The number of hydrogen-bond acceptors (Lipinski definition) is 3. The SMILES string of the molecule is CCCc1cnc(-c2cc(F)c(OC)c(F)c2)c(-c2ccc(C=O)cc2)c1. The Labute approximate surface area is 156 Å². The van der Waals surface area contributed by atoms with Crippen LogP contribution in [0.1, 0.15) is 29.3 Å². The molecule has 0 saturated heterocycles. The highest BCUT2D eigenvalue weighted by Crippen LogP contribution is 2.34. The number of aryl methyl sites for hydroxylation is 1. The van der Waals surface area contributed by atoms with Gasteiger partial charge in [0.05, 0.1) is 12.8 Å². The third-order valence-electron chi connectivity index (χ3n) is 4.32. The fourth-order valence-corrected chi connectivity index (χ4v) is 3.02. The van der Waals surface area contributed by atoms with Gasteiger partial charge < -0.3 is 4.74 Å². The van der Waals surface area contributed by atoms with Gasteiger partial charge >= 0.3 is 0 Å². The summed E-state index contributed by atoms with van der Waals surface area (Å²) in [7, 11) is 1.22. The number of rotatable bonds is 6. The fourth-order valence-electron chi connectivity index (χ4n) is 3.02. The Morgan fingerprint density at radius 1 is 1.04 bits per heavy atom. The average molecular weight is 367 g/mol. The number of methoxy groups -OCH3 is 1. The minimum absolute atomic E-state index is 0.323. The van der Waals surface area contributed by atoms with Gasteiger partial charge in [-0.05, 0) is 35.7 Å². The van der Waals surface area contributed by atoms with E-state index in [1.807, 2.05) is 6.07 Å². The molecular weight excluding hydrogens is 348 g/mol. The first kappa shape index (κ1) is 18.7. The number of aldehydes is 1. The van der Waals surface area contributed by atoms with Crippen molar-refractivity contribution in [1.29, 1.82) is 0 Å². The number of aromatic nitrogens is 1. The van der Waals surface area contributed by atoms with Crippen molar-refractivity contribution < 1.29 is 18.3 Å². The summed E-state index contributed by atoms with van der Waals surface area (Å²) in [4.78, 5) is 15.4. The Balaban J connectivity index is 2.18. The molecule has 1 heterocycles. The van der Waals surface area contributed by atoms with E-state index in [9.17, 15) is 13.6 Å². The number of carbonyl (C=O) groups is 1. The lowest BCUT2D eigenvalue weighted by Crippen LogP contribution is -1.97. The van der Waals surface area contributed by atoms with Crippen molar-refractivity contribution in [2.75, 3.05) is 7.11 Å². The highest BCUT2D eigenvalue weighted by molar-refractivity contribution is 5.83. The molecule has 0 fully saturated rings. The molecule has 3 aromatic rings. The molecule has 27 heavy (non-hydrogen) atoms. The van der Waals surface area contributed by atoms with Gasteiger partial charge in [-0.2, -0.15) is 0 Å². The van der Waals surface area contributed by atoms with E-state index in [0.717, 1.165) is 35.8 Å². The standard InChI is InChI=1S/C22H19F2NO2/c1-3-4-15-9-18(16-7-5-14(13-26)6-8-16)21(25-12-15)17-10-19(23)22(27-2)20(24)11-17/h5-13H,3-4H2,1-2H3. The van der Waals surface area contributed by atoms with E-state index < -0.39 is 17.4 Å². The first-order chi connectivity index (χ1) is 13.1. The summed E-state index contributed by atoms with van der Waals surface area (Å²) in [5, 5.41) is 0.